The van der Waals surface area contributed by atoms with Crippen molar-refractivity contribution in [3.63, 3.8) is 0 Å². The Kier molecular flexibility index (Phi) is 6.10. The predicted octanol–water partition coefficient (Wildman–Crippen LogP) is 3.81. The van der Waals surface area contributed by atoms with Crippen molar-refractivity contribution in [2.75, 3.05) is 20.3 Å². The lowest BCUT2D eigenvalue weighted by atomic mass is 10.1. The summed E-state index contributed by atoms with van der Waals surface area (Å²) >= 11 is 0. The molecule has 112 valence electrons. The molecule has 1 atom stereocenters. The van der Waals surface area contributed by atoms with Crippen LogP contribution in [0, 0.1) is 0 Å². The normalized spacial score (nSPS) is 11.9. The number of benzene rings is 2. The van der Waals surface area contributed by atoms with Gasteiger partial charge in [0.25, 0.3) is 0 Å². The van der Waals surface area contributed by atoms with Crippen molar-refractivity contribution in [2.45, 2.75) is 19.4 Å². The molecule has 2 aromatic carbocycles. The molecule has 0 heterocycles. The van der Waals surface area contributed by atoms with Crippen LogP contribution in [0.2, 0.25) is 0 Å². The van der Waals surface area contributed by atoms with E-state index in [-0.39, 0.29) is 6.04 Å². The first-order valence-electron chi connectivity index (χ1n) is 7.38. The second-order valence-electron chi connectivity index (χ2n) is 4.91. The Morgan fingerprint density at radius 2 is 1.76 bits per heavy atom. The predicted molar refractivity (Wildman–Crippen MR) is 86.0 cm³/mol. The van der Waals surface area contributed by atoms with Gasteiger partial charge in [-0.05, 0) is 30.7 Å². The molecule has 0 spiro atoms. The highest BCUT2D eigenvalue weighted by atomic mass is 16.5. The van der Waals surface area contributed by atoms with E-state index in [4.69, 9.17) is 9.47 Å². The molecule has 3 nitrogen and oxygen atoms in total. The molecule has 0 aliphatic heterocycles. The monoisotopic (exact) mass is 285 g/mol. The second-order valence-corrected chi connectivity index (χ2v) is 4.91. The summed E-state index contributed by atoms with van der Waals surface area (Å²) in [4.78, 5) is 0. The van der Waals surface area contributed by atoms with Crippen LogP contribution in [0.3, 0.4) is 0 Å². The Morgan fingerprint density at radius 3 is 2.48 bits per heavy atom. The van der Waals surface area contributed by atoms with Crippen LogP contribution in [-0.2, 0) is 0 Å². The molecule has 2 rings (SSSR count). The van der Waals surface area contributed by atoms with Gasteiger partial charge in [-0.15, -0.1) is 0 Å². The van der Waals surface area contributed by atoms with Gasteiger partial charge < -0.3 is 14.8 Å². The quantitative estimate of drug-likeness (QED) is 0.800. The maximum atomic E-state index is 5.92. The Labute approximate surface area is 126 Å². The summed E-state index contributed by atoms with van der Waals surface area (Å²) in [6.07, 6.45) is 1.10. The van der Waals surface area contributed by atoms with E-state index >= 15 is 0 Å². The average Bonchev–Trinajstić information content (AvgIpc) is 2.56. The molecule has 2 aromatic rings. The first-order chi connectivity index (χ1) is 10.3. The van der Waals surface area contributed by atoms with E-state index in [1.807, 2.05) is 30.3 Å². The number of methoxy groups -OCH3 is 1. The van der Waals surface area contributed by atoms with Gasteiger partial charge in [-0.3, -0.25) is 0 Å². The minimum absolute atomic E-state index is 0.192. The van der Waals surface area contributed by atoms with Crippen molar-refractivity contribution >= 4 is 0 Å². The lowest BCUT2D eigenvalue weighted by Gasteiger charge is -2.19. The summed E-state index contributed by atoms with van der Waals surface area (Å²) in [5, 5.41) is 3.53. The Morgan fingerprint density at radius 1 is 1.00 bits per heavy atom. The minimum atomic E-state index is 0.192. The molecule has 0 saturated heterocycles. The van der Waals surface area contributed by atoms with Crippen LogP contribution in [0.15, 0.2) is 54.6 Å². The number of ether oxygens (including phenoxy) is 2. The van der Waals surface area contributed by atoms with Crippen LogP contribution in [0.1, 0.15) is 24.9 Å². The fourth-order valence-electron chi connectivity index (χ4n) is 2.15. The van der Waals surface area contributed by atoms with Crippen LogP contribution < -0.4 is 14.8 Å². The molecule has 21 heavy (non-hydrogen) atoms. The molecular formula is C18H23NO2. The van der Waals surface area contributed by atoms with E-state index in [1.54, 1.807) is 7.11 Å². The van der Waals surface area contributed by atoms with E-state index in [0.29, 0.717) is 6.61 Å². The molecule has 0 aliphatic carbocycles. The fraction of sp³-hybridized carbons (Fsp3) is 0.333. The third-order valence-electron chi connectivity index (χ3n) is 3.30. The Bertz CT molecular complexity index is 528. The van der Waals surface area contributed by atoms with Crippen molar-refractivity contribution in [3.8, 4) is 11.5 Å². The topological polar surface area (TPSA) is 30.5 Å². The third-order valence-corrected chi connectivity index (χ3v) is 3.30. The van der Waals surface area contributed by atoms with E-state index in [9.17, 15) is 0 Å². The third kappa shape index (κ3) is 4.80. The molecule has 0 fully saturated rings. The maximum Gasteiger partial charge on any atom is 0.123 e. The van der Waals surface area contributed by atoms with E-state index in [2.05, 4.69) is 36.5 Å². The SMILES string of the molecule is CCCNC(COc1cccc(OC)c1)c1ccccc1. The van der Waals surface area contributed by atoms with Gasteiger partial charge in [-0.1, -0.05) is 43.3 Å². The van der Waals surface area contributed by atoms with Gasteiger partial charge in [0, 0.05) is 6.07 Å². The average molecular weight is 285 g/mol. The molecule has 0 saturated carbocycles. The molecule has 0 aromatic heterocycles. The molecule has 1 unspecified atom stereocenters. The van der Waals surface area contributed by atoms with Crippen molar-refractivity contribution < 1.29 is 9.47 Å². The molecule has 0 amide bonds. The molecule has 1 N–H and O–H groups in total. The number of nitrogens with one attached hydrogen (secondary N) is 1. The summed E-state index contributed by atoms with van der Waals surface area (Å²) in [6.45, 7) is 3.73. The van der Waals surface area contributed by atoms with Gasteiger partial charge in [0.15, 0.2) is 0 Å². The maximum absolute atomic E-state index is 5.92. The lowest BCUT2D eigenvalue weighted by Crippen LogP contribution is -2.27. The van der Waals surface area contributed by atoms with Crippen molar-refractivity contribution in [2.24, 2.45) is 0 Å². The lowest BCUT2D eigenvalue weighted by molar-refractivity contribution is 0.265. The molecule has 0 bridgehead atoms. The summed E-state index contributed by atoms with van der Waals surface area (Å²) in [7, 11) is 1.66. The van der Waals surface area contributed by atoms with E-state index in [0.717, 1.165) is 24.5 Å². The number of rotatable bonds is 8. The fourth-order valence-corrected chi connectivity index (χ4v) is 2.15. The van der Waals surface area contributed by atoms with Crippen molar-refractivity contribution in [3.05, 3.63) is 60.2 Å². The minimum Gasteiger partial charge on any atom is -0.497 e. The van der Waals surface area contributed by atoms with Gasteiger partial charge >= 0.3 is 0 Å². The summed E-state index contributed by atoms with van der Waals surface area (Å²) in [6, 6.07) is 18.3. The number of hydrogen-bond donors (Lipinski definition) is 1. The van der Waals surface area contributed by atoms with Crippen LogP contribution >= 0.6 is 0 Å². The zero-order valence-electron chi connectivity index (χ0n) is 12.7. The molecule has 3 heteroatoms. The first-order valence-corrected chi connectivity index (χ1v) is 7.38. The molecule has 0 radical (unpaired) electrons. The molecular weight excluding hydrogens is 262 g/mol. The summed E-state index contributed by atoms with van der Waals surface area (Å²) in [5.41, 5.74) is 1.24. The largest absolute Gasteiger partial charge is 0.497 e. The van der Waals surface area contributed by atoms with Gasteiger partial charge in [-0.25, -0.2) is 0 Å². The first kappa shape index (κ1) is 15.4. The highest BCUT2D eigenvalue weighted by molar-refractivity contribution is 5.33. The van der Waals surface area contributed by atoms with Crippen LogP contribution in [0.4, 0.5) is 0 Å². The van der Waals surface area contributed by atoms with E-state index in [1.165, 1.54) is 5.56 Å². The highest BCUT2D eigenvalue weighted by Gasteiger charge is 2.11. The number of hydrogen-bond acceptors (Lipinski definition) is 3. The van der Waals surface area contributed by atoms with Gasteiger partial charge in [-0.2, -0.15) is 0 Å². The van der Waals surface area contributed by atoms with Crippen LogP contribution in [0.5, 0.6) is 11.5 Å². The summed E-state index contributed by atoms with van der Waals surface area (Å²) in [5.74, 6) is 1.64. The van der Waals surface area contributed by atoms with Crippen LogP contribution in [0.25, 0.3) is 0 Å². The highest BCUT2D eigenvalue weighted by Crippen LogP contribution is 2.21. The zero-order valence-corrected chi connectivity index (χ0v) is 12.7. The van der Waals surface area contributed by atoms with Gasteiger partial charge in [0.05, 0.1) is 13.2 Å². The van der Waals surface area contributed by atoms with E-state index < -0.39 is 0 Å². The van der Waals surface area contributed by atoms with Crippen molar-refractivity contribution in [1.82, 2.24) is 5.32 Å². The second kappa shape index (κ2) is 8.32. The molecule has 0 aliphatic rings. The van der Waals surface area contributed by atoms with Crippen molar-refractivity contribution in [1.29, 1.82) is 0 Å². The van der Waals surface area contributed by atoms with Gasteiger partial charge in [0.2, 0.25) is 0 Å². The van der Waals surface area contributed by atoms with Gasteiger partial charge in [0.1, 0.15) is 18.1 Å². The zero-order chi connectivity index (χ0) is 14.9. The standard InChI is InChI=1S/C18H23NO2/c1-3-12-19-18(15-8-5-4-6-9-15)14-21-17-11-7-10-16(13-17)20-2/h4-11,13,18-19H,3,12,14H2,1-2H3. The smallest absolute Gasteiger partial charge is 0.123 e. The van der Waals surface area contributed by atoms with Crippen LogP contribution in [-0.4, -0.2) is 20.3 Å². The Hall–Kier alpha value is -2.00. The summed E-state index contributed by atoms with van der Waals surface area (Å²) < 4.78 is 11.1. The Balaban J connectivity index is 2.01.